The van der Waals surface area contributed by atoms with Gasteiger partial charge in [0.05, 0.1) is 5.75 Å². The lowest BCUT2D eigenvalue weighted by Gasteiger charge is -2.26. The van der Waals surface area contributed by atoms with Crippen molar-refractivity contribution in [3.05, 3.63) is 23.8 Å². The molecule has 0 unspecified atom stereocenters. The number of amides is 1. The Morgan fingerprint density at radius 1 is 1.47 bits per heavy atom. The number of benzene rings is 1. The minimum absolute atomic E-state index is 0.0631. The van der Waals surface area contributed by atoms with Crippen molar-refractivity contribution in [1.29, 1.82) is 0 Å². The fourth-order valence-corrected chi connectivity index (χ4v) is 2.55. The number of carboxylic acid groups (broad SMARTS) is 1. The Morgan fingerprint density at radius 2 is 2.24 bits per heavy atom. The van der Waals surface area contributed by atoms with E-state index in [4.69, 9.17) is 5.11 Å². The summed E-state index contributed by atoms with van der Waals surface area (Å²) in [6.45, 7) is 0. The molecule has 1 aliphatic rings. The molecule has 0 bridgehead atoms. The zero-order chi connectivity index (χ0) is 12.4. The van der Waals surface area contributed by atoms with E-state index in [0.717, 1.165) is 22.6 Å². The number of fused-ring (bicyclic) bond motifs is 1. The number of hydrogen-bond donors (Lipinski definition) is 1. The fourth-order valence-electron chi connectivity index (χ4n) is 1.87. The Hall–Kier alpha value is -1.49. The summed E-state index contributed by atoms with van der Waals surface area (Å²) >= 11 is 1.30. The Balaban J connectivity index is 2.20. The highest BCUT2D eigenvalue weighted by atomic mass is 32.2. The second kappa shape index (κ2) is 4.79. The summed E-state index contributed by atoms with van der Waals surface area (Å²) in [5, 5.41) is 8.62. The number of carbonyl (C=O) groups excluding carboxylic acids is 1. The first-order chi connectivity index (χ1) is 8.08. The van der Waals surface area contributed by atoms with E-state index in [-0.39, 0.29) is 11.7 Å². The number of carbonyl (C=O) groups is 2. The second-order valence-electron chi connectivity index (χ2n) is 3.93. The highest BCUT2D eigenvalue weighted by Crippen LogP contribution is 2.30. The molecule has 0 aliphatic carbocycles. The molecule has 1 aromatic rings. The van der Waals surface area contributed by atoms with Crippen LogP contribution >= 0.6 is 11.8 Å². The minimum Gasteiger partial charge on any atom is -0.481 e. The quantitative estimate of drug-likeness (QED) is 0.832. The van der Waals surface area contributed by atoms with E-state index in [2.05, 4.69) is 0 Å². The number of anilines is 1. The summed E-state index contributed by atoms with van der Waals surface area (Å²) in [5.74, 6) is -0.628. The molecule has 1 amide bonds. The van der Waals surface area contributed by atoms with Gasteiger partial charge in [-0.1, -0.05) is 0 Å². The number of carboxylic acids is 1. The lowest BCUT2D eigenvalue weighted by Crippen LogP contribution is -2.30. The smallest absolute Gasteiger partial charge is 0.313 e. The molecule has 2 rings (SSSR count). The Labute approximate surface area is 104 Å². The largest absolute Gasteiger partial charge is 0.481 e. The highest BCUT2D eigenvalue weighted by molar-refractivity contribution is 8.00. The van der Waals surface area contributed by atoms with E-state index in [9.17, 15) is 9.59 Å². The topological polar surface area (TPSA) is 57.6 Å². The van der Waals surface area contributed by atoms with Crippen molar-refractivity contribution in [2.24, 2.45) is 0 Å². The van der Waals surface area contributed by atoms with Gasteiger partial charge in [-0.05, 0) is 30.2 Å². The first kappa shape index (κ1) is 12.0. The van der Waals surface area contributed by atoms with Crippen LogP contribution in [0.5, 0.6) is 0 Å². The maximum Gasteiger partial charge on any atom is 0.313 e. The Kier molecular flexibility index (Phi) is 3.38. The molecule has 1 N–H and O–H groups in total. The third-order valence-corrected chi connectivity index (χ3v) is 3.74. The van der Waals surface area contributed by atoms with Gasteiger partial charge in [-0.3, -0.25) is 9.59 Å². The molecule has 17 heavy (non-hydrogen) atoms. The van der Waals surface area contributed by atoms with Gasteiger partial charge in [0.15, 0.2) is 0 Å². The molecular formula is C12H13NO3S. The standard InChI is InChI=1S/C12H13NO3S/c1-13-10-4-3-9(17-7-12(15)16)6-8(10)2-5-11(13)14/h3-4,6H,2,5,7H2,1H3,(H,15,16). The van der Waals surface area contributed by atoms with E-state index in [0.29, 0.717) is 6.42 Å². The third kappa shape index (κ3) is 2.61. The molecule has 1 aliphatic heterocycles. The van der Waals surface area contributed by atoms with Gasteiger partial charge in [0.2, 0.25) is 5.91 Å². The van der Waals surface area contributed by atoms with Crippen molar-refractivity contribution in [2.45, 2.75) is 17.7 Å². The normalized spacial score (nSPS) is 14.6. The molecule has 0 fully saturated rings. The number of nitrogens with zero attached hydrogens (tertiary/aromatic N) is 1. The van der Waals surface area contributed by atoms with Crippen LogP contribution < -0.4 is 4.90 Å². The summed E-state index contributed by atoms with van der Waals surface area (Å²) < 4.78 is 0. The summed E-state index contributed by atoms with van der Waals surface area (Å²) in [6.07, 6.45) is 1.26. The molecule has 90 valence electrons. The maximum atomic E-state index is 11.5. The molecule has 4 nitrogen and oxygen atoms in total. The van der Waals surface area contributed by atoms with E-state index < -0.39 is 5.97 Å². The fraction of sp³-hybridized carbons (Fsp3) is 0.333. The van der Waals surface area contributed by atoms with E-state index >= 15 is 0 Å². The van der Waals surface area contributed by atoms with E-state index in [1.807, 2.05) is 18.2 Å². The number of rotatable bonds is 3. The molecule has 1 heterocycles. The van der Waals surface area contributed by atoms with Crippen LogP contribution in [0.4, 0.5) is 5.69 Å². The van der Waals surface area contributed by atoms with Crippen LogP contribution in [0.1, 0.15) is 12.0 Å². The van der Waals surface area contributed by atoms with Crippen LogP contribution in [0.15, 0.2) is 23.1 Å². The first-order valence-electron chi connectivity index (χ1n) is 5.32. The van der Waals surface area contributed by atoms with Crippen molar-refractivity contribution >= 4 is 29.3 Å². The van der Waals surface area contributed by atoms with Crippen molar-refractivity contribution in [3.8, 4) is 0 Å². The lowest BCUT2D eigenvalue weighted by molar-refractivity contribution is -0.133. The van der Waals surface area contributed by atoms with Crippen molar-refractivity contribution in [2.75, 3.05) is 17.7 Å². The van der Waals surface area contributed by atoms with E-state index in [1.54, 1.807) is 11.9 Å². The van der Waals surface area contributed by atoms with Crippen molar-refractivity contribution in [3.63, 3.8) is 0 Å². The number of hydrogen-bond acceptors (Lipinski definition) is 3. The first-order valence-corrected chi connectivity index (χ1v) is 6.30. The summed E-state index contributed by atoms with van der Waals surface area (Å²) in [5.41, 5.74) is 2.04. The van der Waals surface area contributed by atoms with Gasteiger partial charge >= 0.3 is 5.97 Å². The molecule has 0 atom stereocenters. The van der Waals surface area contributed by atoms with Crippen LogP contribution in [0.25, 0.3) is 0 Å². The zero-order valence-corrected chi connectivity index (χ0v) is 10.3. The van der Waals surface area contributed by atoms with Crippen molar-refractivity contribution < 1.29 is 14.7 Å². The van der Waals surface area contributed by atoms with Crippen LogP contribution in [-0.4, -0.2) is 29.8 Å². The van der Waals surface area contributed by atoms with Gasteiger partial charge < -0.3 is 10.0 Å². The van der Waals surface area contributed by atoms with Gasteiger partial charge in [0.1, 0.15) is 0 Å². The number of aliphatic carboxylic acids is 1. The Morgan fingerprint density at radius 3 is 2.94 bits per heavy atom. The molecule has 0 aromatic heterocycles. The average Bonchev–Trinajstić information content (AvgIpc) is 2.31. The van der Waals surface area contributed by atoms with Gasteiger partial charge in [-0.2, -0.15) is 0 Å². The molecule has 1 aromatic carbocycles. The molecule has 0 spiro atoms. The second-order valence-corrected chi connectivity index (χ2v) is 4.97. The molecular weight excluding hydrogens is 238 g/mol. The predicted octanol–water partition coefficient (Wildman–Crippen LogP) is 1.77. The van der Waals surface area contributed by atoms with Gasteiger partial charge in [0.25, 0.3) is 0 Å². The summed E-state index contributed by atoms with van der Waals surface area (Å²) in [7, 11) is 1.77. The Bertz CT molecular complexity index is 473. The average molecular weight is 251 g/mol. The van der Waals surface area contributed by atoms with Crippen molar-refractivity contribution in [1.82, 2.24) is 0 Å². The highest BCUT2D eigenvalue weighted by Gasteiger charge is 2.20. The van der Waals surface area contributed by atoms with Gasteiger partial charge in [-0.15, -0.1) is 11.8 Å². The maximum absolute atomic E-state index is 11.5. The minimum atomic E-state index is -0.819. The zero-order valence-electron chi connectivity index (χ0n) is 9.47. The van der Waals surface area contributed by atoms with Crippen LogP contribution in [0.3, 0.4) is 0 Å². The van der Waals surface area contributed by atoms with E-state index in [1.165, 1.54) is 11.8 Å². The molecule has 0 saturated carbocycles. The van der Waals surface area contributed by atoms with Crippen LogP contribution in [0, 0.1) is 0 Å². The molecule has 0 radical (unpaired) electrons. The number of thioether (sulfide) groups is 1. The van der Waals surface area contributed by atoms with Gasteiger partial charge in [0, 0.05) is 24.1 Å². The summed E-state index contributed by atoms with van der Waals surface area (Å²) in [4.78, 5) is 24.6. The van der Waals surface area contributed by atoms with Crippen LogP contribution in [0.2, 0.25) is 0 Å². The molecule has 0 saturated heterocycles. The van der Waals surface area contributed by atoms with Gasteiger partial charge in [-0.25, -0.2) is 0 Å². The summed E-state index contributed by atoms with van der Waals surface area (Å²) in [6, 6.07) is 5.73. The number of aryl methyl sites for hydroxylation is 1. The van der Waals surface area contributed by atoms with Crippen LogP contribution in [-0.2, 0) is 16.0 Å². The monoisotopic (exact) mass is 251 g/mol. The molecule has 5 heteroatoms. The third-order valence-electron chi connectivity index (χ3n) is 2.76. The lowest BCUT2D eigenvalue weighted by atomic mass is 10.0. The predicted molar refractivity (Wildman–Crippen MR) is 66.5 cm³/mol. The SMILES string of the molecule is CN1C(=O)CCc2cc(SCC(=O)O)ccc21.